The van der Waals surface area contributed by atoms with Crippen LogP contribution in [0.3, 0.4) is 0 Å². The molecule has 2 N–H and O–H groups in total. The zero-order valence-corrected chi connectivity index (χ0v) is 16.2. The fourth-order valence-electron chi connectivity index (χ4n) is 3.61. The number of H-pyrrole nitrogens is 1. The van der Waals surface area contributed by atoms with Gasteiger partial charge in [0.15, 0.2) is 11.5 Å². The van der Waals surface area contributed by atoms with Gasteiger partial charge in [0.05, 0.1) is 28.8 Å². The number of halogens is 1. The van der Waals surface area contributed by atoms with Crippen LogP contribution < -0.4 is 5.32 Å². The number of nitrogens with one attached hydrogen (secondary N) is 2. The summed E-state index contributed by atoms with van der Waals surface area (Å²) in [5, 5.41) is 6.35. The third-order valence-corrected chi connectivity index (χ3v) is 5.56. The maximum atomic E-state index is 6.52. The lowest BCUT2D eigenvalue weighted by atomic mass is 10.0. The van der Waals surface area contributed by atoms with Crippen LogP contribution in [0.1, 0.15) is 30.8 Å². The first-order valence-corrected chi connectivity index (χ1v) is 9.78. The van der Waals surface area contributed by atoms with E-state index < -0.39 is 0 Å². The van der Waals surface area contributed by atoms with Crippen molar-refractivity contribution >= 4 is 39.4 Å². The van der Waals surface area contributed by atoms with Gasteiger partial charge in [-0.15, -0.1) is 0 Å². The highest BCUT2D eigenvalue weighted by Crippen LogP contribution is 2.31. The molecule has 0 amide bonds. The van der Waals surface area contributed by atoms with Crippen molar-refractivity contribution in [2.45, 2.75) is 25.9 Å². The fraction of sp³-hybridized carbons (Fsp3) is 0.300. The molecule has 1 atom stereocenters. The molecule has 0 aliphatic carbocycles. The first-order chi connectivity index (χ1) is 13.7. The summed E-state index contributed by atoms with van der Waals surface area (Å²) in [6.07, 6.45) is 4.38. The Morgan fingerprint density at radius 1 is 1.25 bits per heavy atom. The summed E-state index contributed by atoms with van der Waals surface area (Å²) >= 11 is 6.52. The van der Waals surface area contributed by atoms with Gasteiger partial charge >= 0.3 is 0 Å². The molecule has 1 aromatic carbocycles. The van der Waals surface area contributed by atoms with Gasteiger partial charge in [0.25, 0.3) is 0 Å². The molecular formula is C20H20ClN7. The number of rotatable bonds is 5. The number of pyridine rings is 1. The van der Waals surface area contributed by atoms with Gasteiger partial charge in [-0.1, -0.05) is 23.7 Å². The Bertz CT molecular complexity index is 1150. The maximum Gasteiger partial charge on any atom is 0.182 e. The number of benzene rings is 1. The van der Waals surface area contributed by atoms with Crippen LogP contribution in [-0.2, 0) is 6.54 Å². The van der Waals surface area contributed by atoms with E-state index in [4.69, 9.17) is 16.6 Å². The second-order valence-electron chi connectivity index (χ2n) is 7.15. The zero-order chi connectivity index (χ0) is 19.1. The van der Waals surface area contributed by atoms with Crippen LogP contribution in [0, 0.1) is 0 Å². The average Bonchev–Trinajstić information content (AvgIpc) is 3.14. The van der Waals surface area contributed by atoms with Crippen molar-refractivity contribution in [2.24, 2.45) is 0 Å². The third-order valence-electron chi connectivity index (χ3n) is 5.24. The lowest BCUT2D eigenvalue weighted by molar-refractivity contribution is 0.171. The summed E-state index contributed by atoms with van der Waals surface area (Å²) in [7, 11) is 0. The Kier molecular flexibility index (Phi) is 4.33. The van der Waals surface area contributed by atoms with E-state index in [-0.39, 0.29) is 6.04 Å². The van der Waals surface area contributed by atoms with Gasteiger partial charge in [-0.25, -0.2) is 15.0 Å². The Morgan fingerprint density at radius 3 is 2.96 bits per heavy atom. The number of hydrogen-bond donors (Lipinski definition) is 2. The minimum absolute atomic E-state index is 0.0417. The van der Waals surface area contributed by atoms with Gasteiger partial charge < -0.3 is 10.3 Å². The molecule has 0 spiro atoms. The molecule has 28 heavy (non-hydrogen) atoms. The zero-order valence-electron chi connectivity index (χ0n) is 15.5. The van der Waals surface area contributed by atoms with Gasteiger partial charge in [0, 0.05) is 11.9 Å². The number of anilines is 1. The van der Waals surface area contributed by atoms with Crippen LogP contribution in [0.2, 0.25) is 5.02 Å². The van der Waals surface area contributed by atoms with E-state index in [1.165, 1.54) is 12.7 Å². The molecule has 0 saturated carbocycles. The predicted molar refractivity (Wildman–Crippen MR) is 110 cm³/mol. The molecule has 1 aliphatic heterocycles. The quantitative estimate of drug-likeness (QED) is 0.534. The van der Waals surface area contributed by atoms with Gasteiger partial charge in [-0.05, 0) is 44.0 Å². The molecule has 1 fully saturated rings. The Morgan fingerprint density at radius 2 is 2.14 bits per heavy atom. The minimum atomic E-state index is -0.0417. The van der Waals surface area contributed by atoms with E-state index in [0.29, 0.717) is 11.5 Å². The molecular weight excluding hydrogens is 374 g/mol. The number of fused-ring (bicyclic) bond motifs is 2. The number of aromatic nitrogens is 5. The van der Waals surface area contributed by atoms with Crippen molar-refractivity contribution in [3.8, 4) is 0 Å². The SMILES string of the molecule is CC(Nc1ncnc2nc[nH]c12)c1cc2cccc(Cl)c2c(CN2CCC2)n1. The van der Waals surface area contributed by atoms with Crippen molar-refractivity contribution < 1.29 is 0 Å². The first-order valence-electron chi connectivity index (χ1n) is 9.40. The number of aromatic amines is 1. The number of likely N-dealkylation sites (tertiary alicyclic amines) is 1. The summed E-state index contributed by atoms with van der Waals surface area (Å²) < 4.78 is 0. The molecule has 4 aromatic rings. The molecule has 1 saturated heterocycles. The minimum Gasteiger partial charge on any atom is -0.360 e. The van der Waals surface area contributed by atoms with Crippen LogP contribution in [0.25, 0.3) is 21.9 Å². The fourth-order valence-corrected chi connectivity index (χ4v) is 3.90. The second-order valence-corrected chi connectivity index (χ2v) is 7.56. The van der Waals surface area contributed by atoms with E-state index in [1.807, 2.05) is 12.1 Å². The smallest absolute Gasteiger partial charge is 0.182 e. The van der Waals surface area contributed by atoms with E-state index in [9.17, 15) is 0 Å². The molecule has 4 heterocycles. The summed E-state index contributed by atoms with van der Waals surface area (Å²) in [5.41, 5.74) is 3.41. The third kappa shape index (κ3) is 3.06. The highest BCUT2D eigenvalue weighted by atomic mass is 35.5. The standard InChI is InChI=1S/C20H20ClN7/c1-12(26-20-18-19(23-10-22-18)24-11-25-20)15-8-13-4-2-5-14(21)17(13)16(27-15)9-28-6-3-7-28/h2,4-5,8,10-12H,3,6-7,9H2,1H3,(H2,22,23,24,25,26). The van der Waals surface area contributed by atoms with Crippen molar-refractivity contribution in [2.75, 3.05) is 18.4 Å². The van der Waals surface area contributed by atoms with Crippen molar-refractivity contribution in [1.29, 1.82) is 0 Å². The molecule has 0 radical (unpaired) electrons. The van der Waals surface area contributed by atoms with E-state index >= 15 is 0 Å². The molecule has 0 bridgehead atoms. The monoisotopic (exact) mass is 393 g/mol. The van der Waals surface area contributed by atoms with Crippen LogP contribution in [0.15, 0.2) is 36.9 Å². The van der Waals surface area contributed by atoms with Crippen molar-refractivity contribution in [3.63, 3.8) is 0 Å². The van der Waals surface area contributed by atoms with Crippen molar-refractivity contribution in [3.05, 3.63) is 53.3 Å². The molecule has 7 nitrogen and oxygen atoms in total. The van der Waals surface area contributed by atoms with Gasteiger partial charge in [-0.2, -0.15) is 0 Å². The highest BCUT2D eigenvalue weighted by Gasteiger charge is 2.20. The molecule has 142 valence electrons. The molecule has 3 aromatic heterocycles. The topological polar surface area (TPSA) is 82.6 Å². The summed E-state index contributed by atoms with van der Waals surface area (Å²) in [6, 6.07) is 8.07. The van der Waals surface area contributed by atoms with E-state index in [2.05, 4.69) is 49.2 Å². The summed E-state index contributed by atoms with van der Waals surface area (Å²) in [4.78, 5) is 23.2. The molecule has 1 unspecified atom stereocenters. The highest BCUT2D eigenvalue weighted by molar-refractivity contribution is 6.35. The molecule has 1 aliphatic rings. The van der Waals surface area contributed by atoms with Crippen LogP contribution in [-0.4, -0.2) is 42.9 Å². The van der Waals surface area contributed by atoms with Crippen molar-refractivity contribution in [1.82, 2.24) is 29.8 Å². The van der Waals surface area contributed by atoms with Gasteiger partial charge in [0.1, 0.15) is 11.8 Å². The number of hydrogen-bond acceptors (Lipinski definition) is 6. The van der Waals surface area contributed by atoms with E-state index in [1.54, 1.807) is 6.33 Å². The van der Waals surface area contributed by atoms with Gasteiger partial charge in [0.2, 0.25) is 0 Å². The average molecular weight is 394 g/mol. The lowest BCUT2D eigenvalue weighted by Crippen LogP contribution is -2.36. The van der Waals surface area contributed by atoms with Crippen LogP contribution in [0.4, 0.5) is 5.82 Å². The van der Waals surface area contributed by atoms with Crippen LogP contribution in [0.5, 0.6) is 0 Å². The largest absolute Gasteiger partial charge is 0.360 e. The number of nitrogens with zero attached hydrogens (tertiary/aromatic N) is 5. The Hall–Kier alpha value is -2.77. The Labute approximate surface area is 167 Å². The normalized spacial score (nSPS) is 15.6. The molecule has 8 heteroatoms. The summed E-state index contributed by atoms with van der Waals surface area (Å²) in [6.45, 7) is 5.13. The lowest BCUT2D eigenvalue weighted by Gasteiger charge is -2.31. The number of imidazole rings is 1. The molecule has 5 rings (SSSR count). The summed E-state index contributed by atoms with van der Waals surface area (Å²) in [5.74, 6) is 0.715. The second kappa shape index (κ2) is 7.00. The van der Waals surface area contributed by atoms with E-state index in [0.717, 1.165) is 52.3 Å². The maximum absolute atomic E-state index is 6.52. The van der Waals surface area contributed by atoms with Crippen LogP contribution >= 0.6 is 11.6 Å². The van der Waals surface area contributed by atoms with Gasteiger partial charge in [-0.3, -0.25) is 9.88 Å². The predicted octanol–water partition coefficient (Wildman–Crippen LogP) is 3.93. The Balaban J connectivity index is 1.53. The first kappa shape index (κ1) is 17.3.